The van der Waals surface area contributed by atoms with Crippen LogP contribution in [0.1, 0.15) is 0 Å². The molecule has 0 saturated carbocycles. The average molecular weight is 499 g/mol. The molecule has 39 heavy (non-hydrogen) atoms. The fourth-order valence-electron chi connectivity index (χ4n) is 6.47. The molecule has 3 heteroatoms. The van der Waals surface area contributed by atoms with E-state index in [0.717, 1.165) is 33.3 Å². The zero-order chi connectivity index (χ0) is 25.5. The standard InChI is InChI=1S/C36H22N2O/c1-2-11-23(12-3-1)37-30-17-7-4-13-24(30)27-16-10-19-32(36(27)37)38-31-18-8-5-14-25(31)28-22-35-29(21-33(28)38)26-15-6-9-20-34(26)39-35/h1-22H. The predicted molar refractivity (Wildman–Crippen MR) is 162 cm³/mol. The van der Waals surface area contributed by atoms with Crippen molar-refractivity contribution in [1.82, 2.24) is 9.13 Å². The highest BCUT2D eigenvalue weighted by molar-refractivity contribution is 6.19. The second-order valence-corrected chi connectivity index (χ2v) is 10.2. The van der Waals surface area contributed by atoms with Crippen molar-refractivity contribution in [1.29, 1.82) is 0 Å². The van der Waals surface area contributed by atoms with Gasteiger partial charge in [0.15, 0.2) is 0 Å². The molecule has 9 rings (SSSR count). The van der Waals surface area contributed by atoms with Crippen LogP contribution < -0.4 is 0 Å². The Morgan fingerprint density at radius 2 is 1.03 bits per heavy atom. The van der Waals surface area contributed by atoms with Crippen molar-refractivity contribution >= 4 is 65.6 Å². The Morgan fingerprint density at radius 1 is 0.385 bits per heavy atom. The Bertz CT molecular complexity index is 2390. The van der Waals surface area contributed by atoms with Crippen LogP contribution in [0.3, 0.4) is 0 Å². The van der Waals surface area contributed by atoms with Gasteiger partial charge in [0.1, 0.15) is 11.2 Å². The van der Waals surface area contributed by atoms with Gasteiger partial charge in [0.25, 0.3) is 0 Å². The van der Waals surface area contributed by atoms with E-state index in [1.807, 2.05) is 12.1 Å². The zero-order valence-corrected chi connectivity index (χ0v) is 21.0. The number of para-hydroxylation sites is 5. The molecule has 0 aliphatic rings. The highest BCUT2D eigenvalue weighted by atomic mass is 16.3. The molecule has 0 aliphatic heterocycles. The van der Waals surface area contributed by atoms with E-state index < -0.39 is 0 Å². The maximum atomic E-state index is 6.30. The SMILES string of the molecule is c1ccc(-n2c3ccccc3c3cccc(-n4c5ccccc5c5cc6oc7ccccc7c6cc54)c32)cc1. The number of nitrogens with zero attached hydrogens (tertiary/aromatic N) is 2. The second kappa shape index (κ2) is 7.62. The monoisotopic (exact) mass is 498 g/mol. The van der Waals surface area contributed by atoms with Gasteiger partial charge in [-0.05, 0) is 48.5 Å². The molecule has 0 amide bonds. The van der Waals surface area contributed by atoms with Crippen LogP contribution in [0, 0.1) is 0 Å². The summed E-state index contributed by atoms with van der Waals surface area (Å²) in [5, 5.41) is 7.18. The number of rotatable bonds is 2. The van der Waals surface area contributed by atoms with Gasteiger partial charge in [0, 0.05) is 38.0 Å². The largest absolute Gasteiger partial charge is 0.456 e. The van der Waals surface area contributed by atoms with E-state index in [-0.39, 0.29) is 0 Å². The number of benzene rings is 6. The zero-order valence-electron chi connectivity index (χ0n) is 21.0. The molecule has 0 atom stereocenters. The molecule has 3 aromatic heterocycles. The Morgan fingerprint density at radius 3 is 1.85 bits per heavy atom. The third-order valence-corrected chi connectivity index (χ3v) is 8.10. The summed E-state index contributed by atoms with van der Waals surface area (Å²) in [4.78, 5) is 0. The lowest BCUT2D eigenvalue weighted by molar-refractivity contribution is 0.669. The van der Waals surface area contributed by atoms with Crippen molar-refractivity contribution in [3.63, 3.8) is 0 Å². The minimum absolute atomic E-state index is 0.919. The lowest BCUT2D eigenvalue weighted by atomic mass is 10.1. The van der Waals surface area contributed by atoms with Gasteiger partial charge in [0.05, 0.1) is 27.8 Å². The van der Waals surface area contributed by atoms with Crippen molar-refractivity contribution in [2.24, 2.45) is 0 Å². The van der Waals surface area contributed by atoms with Crippen LogP contribution in [0.15, 0.2) is 138 Å². The normalized spacial score (nSPS) is 12.1. The molecule has 0 radical (unpaired) electrons. The van der Waals surface area contributed by atoms with E-state index in [1.54, 1.807) is 0 Å². The summed E-state index contributed by atoms with van der Waals surface area (Å²) in [5.41, 5.74) is 8.91. The third kappa shape index (κ3) is 2.76. The van der Waals surface area contributed by atoms with Crippen LogP contribution in [0.2, 0.25) is 0 Å². The number of fused-ring (bicyclic) bond motifs is 9. The number of furan rings is 1. The lowest BCUT2D eigenvalue weighted by Crippen LogP contribution is -2.00. The lowest BCUT2D eigenvalue weighted by Gasteiger charge is -2.14. The fraction of sp³-hybridized carbons (Fsp3) is 0. The summed E-state index contributed by atoms with van der Waals surface area (Å²) in [6.45, 7) is 0. The smallest absolute Gasteiger partial charge is 0.136 e. The first-order chi connectivity index (χ1) is 19.4. The topological polar surface area (TPSA) is 23.0 Å². The van der Waals surface area contributed by atoms with E-state index in [2.05, 4.69) is 130 Å². The number of hydrogen-bond donors (Lipinski definition) is 0. The van der Waals surface area contributed by atoms with Gasteiger partial charge < -0.3 is 13.6 Å². The summed E-state index contributed by atoms with van der Waals surface area (Å²) in [7, 11) is 0. The van der Waals surface area contributed by atoms with Crippen LogP contribution in [0.4, 0.5) is 0 Å². The maximum absolute atomic E-state index is 6.30. The van der Waals surface area contributed by atoms with Gasteiger partial charge >= 0.3 is 0 Å². The van der Waals surface area contributed by atoms with Crippen molar-refractivity contribution in [2.75, 3.05) is 0 Å². The van der Waals surface area contributed by atoms with Crippen LogP contribution in [0.25, 0.3) is 76.9 Å². The molecular weight excluding hydrogens is 476 g/mol. The summed E-state index contributed by atoms with van der Waals surface area (Å²) in [6.07, 6.45) is 0. The molecule has 0 spiro atoms. The van der Waals surface area contributed by atoms with Gasteiger partial charge in [-0.3, -0.25) is 0 Å². The van der Waals surface area contributed by atoms with E-state index in [1.165, 1.54) is 43.6 Å². The van der Waals surface area contributed by atoms with Crippen molar-refractivity contribution in [3.05, 3.63) is 133 Å². The van der Waals surface area contributed by atoms with Gasteiger partial charge in [-0.15, -0.1) is 0 Å². The van der Waals surface area contributed by atoms with Crippen LogP contribution in [0.5, 0.6) is 0 Å². The molecule has 0 bridgehead atoms. The summed E-state index contributed by atoms with van der Waals surface area (Å²) >= 11 is 0. The Balaban J connectivity index is 1.50. The van der Waals surface area contributed by atoms with Gasteiger partial charge in [0.2, 0.25) is 0 Å². The first-order valence-electron chi connectivity index (χ1n) is 13.3. The minimum atomic E-state index is 0.919. The molecule has 182 valence electrons. The van der Waals surface area contributed by atoms with E-state index >= 15 is 0 Å². The van der Waals surface area contributed by atoms with Crippen molar-refractivity contribution in [2.45, 2.75) is 0 Å². The first kappa shape index (κ1) is 20.7. The number of hydrogen-bond acceptors (Lipinski definition) is 1. The van der Waals surface area contributed by atoms with E-state index in [9.17, 15) is 0 Å². The van der Waals surface area contributed by atoms with Gasteiger partial charge in [-0.2, -0.15) is 0 Å². The van der Waals surface area contributed by atoms with E-state index in [4.69, 9.17) is 4.42 Å². The second-order valence-electron chi connectivity index (χ2n) is 10.2. The molecule has 0 N–H and O–H groups in total. The van der Waals surface area contributed by atoms with E-state index in [0.29, 0.717) is 0 Å². The van der Waals surface area contributed by atoms with Crippen LogP contribution >= 0.6 is 0 Å². The highest BCUT2D eigenvalue weighted by Crippen LogP contribution is 2.41. The minimum Gasteiger partial charge on any atom is -0.456 e. The predicted octanol–water partition coefficient (Wildman–Crippen LogP) is 9.78. The van der Waals surface area contributed by atoms with Crippen LogP contribution in [-0.4, -0.2) is 9.13 Å². The molecule has 3 heterocycles. The third-order valence-electron chi connectivity index (χ3n) is 8.10. The fourth-order valence-corrected chi connectivity index (χ4v) is 6.47. The highest BCUT2D eigenvalue weighted by Gasteiger charge is 2.21. The first-order valence-corrected chi connectivity index (χ1v) is 13.3. The molecule has 0 fully saturated rings. The quantitative estimate of drug-likeness (QED) is 0.233. The number of aromatic nitrogens is 2. The van der Waals surface area contributed by atoms with Gasteiger partial charge in [-0.25, -0.2) is 0 Å². The Labute approximate surface area is 223 Å². The van der Waals surface area contributed by atoms with Crippen LogP contribution in [-0.2, 0) is 0 Å². The molecular formula is C36H22N2O. The maximum Gasteiger partial charge on any atom is 0.136 e. The van der Waals surface area contributed by atoms with Crippen molar-refractivity contribution in [3.8, 4) is 11.4 Å². The summed E-state index contributed by atoms with van der Waals surface area (Å²) in [5.74, 6) is 0. The molecule has 0 unspecified atom stereocenters. The molecule has 0 saturated heterocycles. The molecule has 3 nitrogen and oxygen atoms in total. The Kier molecular flexibility index (Phi) is 4.05. The van der Waals surface area contributed by atoms with Gasteiger partial charge in [-0.1, -0.05) is 84.9 Å². The summed E-state index contributed by atoms with van der Waals surface area (Å²) in [6, 6.07) is 47.6. The summed E-state index contributed by atoms with van der Waals surface area (Å²) < 4.78 is 11.1. The average Bonchev–Trinajstić information content (AvgIpc) is 3.64. The molecule has 9 aromatic rings. The van der Waals surface area contributed by atoms with Crippen molar-refractivity contribution < 1.29 is 4.42 Å². The molecule has 6 aromatic carbocycles. The molecule has 0 aliphatic carbocycles. The Hall–Kier alpha value is -5.28.